The lowest BCUT2D eigenvalue weighted by molar-refractivity contribution is -0.908. The Morgan fingerprint density at radius 3 is 2.36 bits per heavy atom. The Hall–Kier alpha value is -0.300. The van der Waals surface area contributed by atoms with Gasteiger partial charge in [0, 0.05) is 0 Å². The summed E-state index contributed by atoms with van der Waals surface area (Å²) < 4.78 is 1.27. The van der Waals surface area contributed by atoms with Crippen LogP contribution in [-0.4, -0.2) is 31.2 Å². The van der Waals surface area contributed by atoms with E-state index in [4.69, 9.17) is 0 Å². The molecule has 1 aliphatic heterocycles. The second-order valence-electron chi connectivity index (χ2n) is 3.88. The minimum atomic E-state index is 1.23. The number of quaternary nitrogens is 1. The van der Waals surface area contributed by atoms with Crippen molar-refractivity contribution in [3.05, 3.63) is 12.2 Å². The van der Waals surface area contributed by atoms with Crippen LogP contribution in [0, 0.1) is 0 Å². The van der Waals surface area contributed by atoms with Gasteiger partial charge >= 0.3 is 0 Å². The highest BCUT2D eigenvalue weighted by atomic mass is 15.3. The second kappa shape index (κ2) is 3.91. The van der Waals surface area contributed by atoms with Gasteiger partial charge in [0.2, 0.25) is 0 Å². The summed E-state index contributed by atoms with van der Waals surface area (Å²) in [6.07, 6.45) is 8.76. The topological polar surface area (TPSA) is 0 Å². The number of hydrogen-bond donors (Lipinski definition) is 0. The smallest absolute Gasteiger partial charge is 0.0971 e. The van der Waals surface area contributed by atoms with Crippen LogP contribution in [0.3, 0.4) is 0 Å². The summed E-state index contributed by atoms with van der Waals surface area (Å²) in [5.41, 5.74) is 0. The minimum Gasteiger partial charge on any atom is -0.323 e. The van der Waals surface area contributed by atoms with Crippen molar-refractivity contribution >= 4 is 0 Å². The molecule has 0 radical (unpaired) electrons. The van der Waals surface area contributed by atoms with Crippen molar-refractivity contribution in [2.75, 3.05) is 26.7 Å². The van der Waals surface area contributed by atoms with Crippen molar-refractivity contribution in [1.29, 1.82) is 0 Å². The third-order valence-corrected chi connectivity index (χ3v) is 2.68. The van der Waals surface area contributed by atoms with E-state index in [1.54, 1.807) is 0 Å². The average molecular weight is 154 g/mol. The van der Waals surface area contributed by atoms with Crippen molar-refractivity contribution in [3.8, 4) is 0 Å². The van der Waals surface area contributed by atoms with Crippen LogP contribution in [-0.2, 0) is 0 Å². The summed E-state index contributed by atoms with van der Waals surface area (Å²) in [5, 5.41) is 0. The van der Waals surface area contributed by atoms with Gasteiger partial charge < -0.3 is 4.48 Å². The molecule has 1 rings (SSSR count). The Morgan fingerprint density at radius 2 is 1.82 bits per heavy atom. The molecule has 1 heteroatoms. The van der Waals surface area contributed by atoms with E-state index >= 15 is 0 Å². The maximum Gasteiger partial charge on any atom is 0.0971 e. The van der Waals surface area contributed by atoms with Gasteiger partial charge in [0.25, 0.3) is 0 Å². The van der Waals surface area contributed by atoms with Gasteiger partial charge in [-0.05, 0) is 32.3 Å². The molecule has 1 aliphatic rings. The molecule has 0 aromatic carbocycles. The van der Waals surface area contributed by atoms with E-state index in [0.717, 1.165) is 0 Å². The molecule has 0 atom stereocenters. The molecule has 0 spiro atoms. The highest BCUT2D eigenvalue weighted by molar-refractivity contribution is 4.76. The quantitative estimate of drug-likeness (QED) is 0.422. The van der Waals surface area contributed by atoms with E-state index < -0.39 is 0 Å². The fourth-order valence-electron chi connectivity index (χ4n) is 1.82. The van der Waals surface area contributed by atoms with Crippen LogP contribution in [0.25, 0.3) is 0 Å². The number of likely N-dealkylation sites (tertiary alicyclic amines) is 1. The molecular weight excluding hydrogens is 134 g/mol. The lowest BCUT2D eigenvalue weighted by Gasteiger charge is -2.36. The highest BCUT2D eigenvalue weighted by Gasteiger charge is 2.22. The predicted octanol–water partition coefficient (Wildman–Crippen LogP) is 2.19. The van der Waals surface area contributed by atoms with Gasteiger partial charge in [-0.25, -0.2) is 0 Å². The van der Waals surface area contributed by atoms with Crippen LogP contribution in [0.4, 0.5) is 0 Å². The molecular formula is C10H20N+. The van der Waals surface area contributed by atoms with Gasteiger partial charge in [-0.3, -0.25) is 0 Å². The first-order chi connectivity index (χ1) is 5.27. The molecule has 64 valence electrons. The van der Waals surface area contributed by atoms with Crippen molar-refractivity contribution in [2.45, 2.75) is 26.2 Å². The molecule has 0 N–H and O–H groups in total. The maximum absolute atomic E-state index is 2.37. The van der Waals surface area contributed by atoms with E-state index in [2.05, 4.69) is 26.1 Å². The monoisotopic (exact) mass is 154 g/mol. The molecule has 0 saturated carbocycles. The first-order valence-electron chi connectivity index (χ1n) is 4.71. The number of piperidine rings is 1. The number of allylic oxidation sites excluding steroid dienone is 1. The van der Waals surface area contributed by atoms with Crippen LogP contribution >= 0.6 is 0 Å². The number of nitrogens with zero attached hydrogens (tertiary/aromatic N) is 1. The lowest BCUT2D eigenvalue weighted by Crippen LogP contribution is -2.47. The zero-order valence-corrected chi connectivity index (χ0v) is 7.84. The largest absolute Gasteiger partial charge is 0.323 e. The molecule has 0 bridgehead atoms. The van der Waals surface area contributed by atoms with Gasteiger partial charge in [0.15, 0.2) is 0 Å². The fraction of sp³-hybridized carbons (Fsp3) is 0.800. The van der Waals surface area contributed by atoms with Gasteiger partial charge in [-0.1, -0.05) is 6.08 Å². The molecule has 0 amide bonds. The lowest BCUT2D eigenvalue weighted by atomic mass is 10.1. The maximum atomic E-state index is 2.37. The molecule has 0 aromatic heterocycles. The Labute approximate surface area is 70.3 Å². The van der Waals surface area contributed by atoms with Crippen molar-refractivity contribution in [2.24, 2.45) is 0 Å². The standard InChI is InChI=1S/C10H20N/c1-3-4-8-11(2)9-6-5-7-10-11/h3-4H,5-10H2,1-2H3/q+1. The van der Waals surface area contributed by atoms with Crippen molar-refractivity contribution in [3.63, 3.8) is 0 Å². The minimum absolute atomic E-state index is 1.23. The highest BCUT2D eigenvalue weighted by Crippen LogP contribution is 2.15. The second-order valence-corrected chi connectivity index (χ2v) is 3.88. The third-order valence-electron chi connectivity index (χ3n) is 2.68. The van der Waals surface area contributed by atoms with Gasteiger partial charge in [-0.2, -0.15) is 0 Å². The van der Waals surface area contributed by atoms with Gasteiger partial charge in [0.05, 0.1) is 26.7 Å². The number of likely N-dealkylation sites (N-methyl/N-ethyl adjacent to an activating group) is 1. The SMILES string of the molecule is CC=CC[N+]1(C)CCCCC1. The summed E-state index contributed by atoms with van der Waals surface area (Å²) in [6.45, 7) is 6.10. The summed E-state index contributed by atoms with van der Waals surface area (Å²) in [5.74, 6) is 0. The van der Waals surface area contributed by atoms with E-state index in [1.165, 1.54) is 43.4 Å². The van der Waals surface area contributed by atoms with Gasteiger partial charge in [-0.15, -0.1) is 0 Å². The summed E-state index contributed by atoms with van der Waals surface area (Å²) in [7, 11) is 2.37. The Morgan fingerprint density at radius 1 is 1.18 bits per heavy atom. The Kier molecular flexibility index (Phi) is 3.13. The molecule has 0 aliphatic carbocycles. The Bertz CT molecular complexity index is 132. The molecule has 0 unspecified atom stereocenters. The van der Waals surface area contributed by atoms with E-state index in [-0.39, 0.29) is 0 Å². The zero-order chi connectivity index (χ0) is 8.16. The first kappa shape index (κ1) is 8.79. The van der Waals surface area contributed by atoms with Crippen molar-refractivity contribution < 1.29 is 4.48 Å². The van der Waals surface area contributed by atoms with Gasteiger partial charge in [0.1, 0.15) is 0 Å². The molecule has 1 fully saturated rings. The molecule has 1 heterocycles. The first-order valence-corrected chi connectivity index (χ1v) is 4.71. The van der Waals surface area contributed by atoms with Crippen LogP contribution in [0.5, 0.6) is 0 Å². The van der Waals surface area contributed by atoms with E-state index in [0.29, 0.717) is 0 Å². The molecule has 11 heavy (non-hydrogen) atoms. The van der Waals surface area contributed by atoms with E-state index in [9.17, 15) is 0 Å². The normalized spacial score (nSPS) is 24.2. The fourth-order valence-corrected chi connectivity index (χ4v) is 1.82. The van der Waals surface area contributed by atoms with Crippen molar-refractivity contribution in [1.82, 2.24) is 0 Å². The van der Waals surface area contributed by atoms with E-state index in [1.807, 2.05) is 0 Å². The molecule has 1 nitrogen and oxygen atoms in total. The Balaban J connectivity index is 2.37. The van der Waals surface area contributed by atoms with Crippen LogP contribution in [0.15, 0.2) is 12.2 Å². The predicted molar refractivity (Wildman–Crippen MR) is 49.5 cm³/mol. The van der Waals surface area contributed by atoms with Crippen LogP contribution < -0.4 is 0 Å². The van der Waals surface area contributed by atoms with Crippen LogP contribution in [0.2, 0.25) is 0 Å². The summed E-state index contributed by atoms with van der Waals surface area (Å²) in [4.78, 5) is 0. The summed E-state index contributed by atoms with van der Waals surface area (Å²) >= 11 is 0. The van der Waals surface area contributed by atoms with Crippen LogP contribution in [0.1, 0.15) is 26.2 Å². The number of hydrogen-bond acceptors (Lipinski definition) is 0. The third kappa shape index (κ3) is 2.66. The molecule has 0 aromatic rings. The molecule has 1 saturated heterocycles. The number of rotatable bonds is 2. The average Bonchev–Trinajstić information content (AvgIpc) is 2.03. The summed E-state index contributed by atoms with van der Waals surface area (Å²) in [6, 6.07) is 0. The zero-order valence-electron chi connectivity index (χ0n) is 7.84.